The Morgan fingerprint density at radius 1 is 1.27 bits per heavy atom. The number of rotatable bonds is 3. The molecule has 0 aliphatic carbocycles. The van der Waals surface area contributed by atoms with Gasteiger partial charge in [0.1, 0.15) is 5.82 Å². The van der Waals surface area contributed by atoms with Crippen molar-refractivity contribution in [2.75, 3.05) is 36.9 Å². The van der Waals surface area contributed by atoms with E-state index < -0.39 is 0 Å². The lowest BCUT2D eigenvalue weighted by Crippen LogP contribution is -2.49. The summed E-state index contributed by atoms with van der Waals surface area (Å²) in [6, 6.07) is 1.91. The van der Waals surface area contributed by atoms with Crippen LogP contribution in [0.15, 0.2) is 34.4 Å². The maximum absolute atomic E-state index is 6.45. The highest BCUT2D eigenvalue weighted by atomic mass is 35.5. The smallest absolute Gasteiger partial charge is 0.211 e. The molecule has 3 aromatic rings. The average Bonchev–Trinajstić information content (AvgIpc) is 3.35. The first-order valence-electron chi connectivity index (χ1n) is 9.98. The number of halogens is 1. The predicted octanol–water partition coefficient (Wildman–Crippen LogP) is 2.76. The van der Waals surface area contributed by atoms with Gasteiger partial charge in [0.05, 0.1) is 28.8 Å². The molecule has 4 N–H and O–H groups in total. The van der Waals surface area contributed by atoms with Crippen molar-refractivity contribution in [1.29, 1.82) is 0 Å². The Balaban J connectivity index is 1.43. The monoisotopic (exact) mass is 445 g/mol. The molecule has 0 amide bonds. The van der Waals surface area contributed by atoms with Crippen LogP contribution in [-0.4, -0.2) is 51.7 Å². The molecule has 30 heavy (non-hydrogen) atoms. The second-order valence-electron chi connectivity index (χ2n) is 8.06. The standard InChI is InChI=1S/C20H24ClN7OS/c1-12-17(21)13(8-16(23)26-12)30-14-9-25-19(28-7-4-24-18(14)28)27-5-2-20(3-6-27)11-29-10-15(20)22/h4,7-9,15H,2-3,5-6,10-11,22H2,1H3,(H2,23,26)/t15-/m1/s1. The molecule has 8 nitrogen and oxygen atoms in total. The van der Waals surface area contributed by atoms with Gasteiger partial charge in [0.15, 0.2) is 5.65 Å². The molecule has 2 aliphatic heterocycles. The van der Waals surface area contributed by atoms with Crippen LogP contribution in [0.4, 0.5) is 11.8 Å². The molecule has 2 aliphatic rings. The molecule has 2 fully saturated rings. The largest absolute Gasteiger partial charge is 0.384 e. The molecule has 0 aromatic carbocycles. The van der Waals surface area contributed by atoms with Crippen LogP contribution < -0.4 is 16.4 Å². The number of ether oxygens (including phenoxy) is 1. The average molecular weight is 446 g/mol. The van der Waals surface area contributed by atoms with Crippen molar-refractivity contribution in [3.63, 3.8) is 0 Å². The van der Waals surface area contributed by atoms with Gasteiger partial charge in [0.25, 0.3) is 0 Å². The summed E-state index contributed by atoms with van der Waals surface area (Å²) in [7, 11) is 0. The number of imidazole rings is 1. The number of pyridine rings is 1. The Kier molecular flexibility index (Phi) is 5.01. The van der Waals surface area contributed by atoms with Gasteiger partial charge in [-0.2, -0.15) is 0 Å². The molecule has 0 saturated carbocycles. The van der Waals surface area contributed by atoms with Crippen LogP contribution in [0.3, 0.4) is 0 Å². The van der Waals surface area contributed by atoms with E-state index in [0.717, 1.165) is 53.9 Å². The summed E-state index contributed by atoms with van der Waals surface area (Å²) in [6.07, 6.45) is 7.62. The first kappa shape index (κ1) is 19.9. The van der Waals surface area contributed by atoms with Gasteiger partial charge < -0.3 is 21.1 Å². The SMILES string of the molecule is Cc1nc(N)cc(Sc2cnc(N3CCC4(CC3)COC[C@H]4N)n3ccnc23)c1Cl. The van der Waals surface area contributed by atoms with E-state index >= 15 is 0 Å². The van der Waals surface area contributed by atoms with Gasteiger partial charge in [-0.05, 0) is 25.8 Å². The summed E-state index contributed by atoms with van der Waals surface area (Å²) in [5, 5.41) is 0.597. The quantitative estimate of drug-likeness (QED) is 0.633. The fourth-order valence-corrected chi connectivity index (χ4v) is 5.59. The van der Waals surface area contributed by atoms with Gasteiger partial charge in [-0.1, -0.05) is 23.4 Å². The number of nitrogen functional groups attached to an aromatic ring is 1. The summed E-state index contributed by atoms with van der Waals surface area (Å²) in [5.74, 6) is 1.34. The highest BCUT2D eigenvalue weighted by Gasteiger charge is 2.44. The molecular formula is C20H24ClN7OS. The van der Waals surface area contributed by atoms with Gasteiger partial charge in [-0.15, -0.1) is 0 Å². The number of aryl methyl sites for hydroxylation is 1. The molecule has 0 unspecified atom stereocenters. The maximum Gasteiger partial charge on any atom is 0.211 e. The zero-order valence-corrected chi connectivity index (χ0v) is 18.3. The van der Waals surface area contributed by atoms with E-state index in [-0.39, 0.29) is 11.5 Å². The number of anilines is 2. The van der Waals surface area contributed by atoms with Crippen molar-refractivity contribution in [2.24, 2.45) is 11.1 Å². The number of piperidine rings is 1. The van der Waals surface area contributed by atoms with Crippen LogP contribution in [0.25, 0.3) is 5.65 Å². The summed E-state index contributed by atoms with van der Waals surface area (Å²) in [4.78, 5) is 17.6. The first-order valence-corrected chi connectivity index (χ1v) is 11.2. The Morgan fingerprint density at radius 2 is 2.07 bits per heavy atom. The molecule has 1 atom stereocenters. The zero-order valence-electron chi connectivity index (χ0n) is 16.7. The third kappa shape index (κ3) is 3.30. The molecule has 10 heteroatoms. The van der Waals surface area contributed by atoms with Crippen molar-refractivity contribution < 1.29 is 4.74 Å². The Labute approximate surface area is 184 Å². The summed E-state index contributed by atoms with van der Waals surface area (Å²) < 4.78 is 7.68. The fraction of sp³-hybridized carbons (Fsp3) is 0.450. The topological polar surface area (TPSA) is 108 Å². The first-order chi connectivity index (χ1) is 14.5. The Hall–Kier alpha value is -2.07. The van der Waals surface area contributed by atoms with E-state index in [0.29, 0.717) is 23.1 Å². The third-order valence-electron chi connectivity index (χ3n) is 6.22. The number of nitrogens with zero attached hydrogens (tertiary/aromatic N) is 5. The minimum absolute atomic E-state index is 0.107. The van der Waals surface area contributed by atoms with E-state index in [4.69, 9.17) is 32.8 Å². The Bertz CT molecular complexity index is 1100. The lowest BCUT2D eigenvalue weighted by Gasteiger charge is -2.41. The van der Waals surface area contributed by atoms with Gasteiger partial charge in [0.2, 0.25) is 5.95 Å². The van der Waals surface area contributed by atoms with Crippen molar-refractivity contribution in [2.45, 2.75) is 35.6 Å². The van der Waals surface area contributed by atoms with Crippen LogP contribution in [0.5, 0.6) is 0 Å². The van der Waals surface area contributed by atoms with E-state index in [2.05, 4.69) is 14.9 Å². The third-order valence-corrected chi connectivity index (χ3v) is 7.86. The molecule has 1 spiro atoms. The number of nitrogens with two attached hydrogens (primary N) is 2. The minimum Gasteiger partial charge on any atom is -0.384 e. The van der Waals surface area contributed by atoms with Crippen LogP contribution >= 0.6 is 23.4 Å². The predicted molar refractivity (Wildman–Crippen MR) is 118 cm³/mol. The fourth-order valence-electron chi connectivity index (χ4n) is 4.37. The van der Waals surface area contributed by atoms with E-state index in [1.165, 1.54) is 11.8 Å². The van der Waals surface area contributed by atoms with Crippen LogP contribution in [-0.2, 0) is 4.74 Å². The maximum atomic E-state index is 6.45. The van der Waals surface area contributed by atoms with Gasteiger partial charge >= 0.3 is 0 Å². The normalized spacial score (nSPS) is 21.0. The molecule has 5 rings (SSSR count). The van der Waals surface area contributed by atoms with Gasteiger partial charge in [-0.3, -0.25) is 4.40 Å². The summed E-state index contributed by atoms with van der Waals surface area (Å²) in [6.45, 7) is 5.07. The molecule has 2 saturated heterocycles. The van der Waals surface area contributed by atoms with Crippen molar-refractivity contribution >= 4 is 40.8 Å². The van der Waals surface area contributed by atoms with Crippen molar-refractivity contribution in [1.82, 2.24) is 19.4 Å². The molecule has 0 bridgehead atoms. The van der Waals surface area contributed by atoms with Gasteiger partial charge in [0, 0.05) is 48.0 Å². The molecule has 158 valence electrons. The molecular weight excluding hydrogens is 422 g/mol. The van der Waals surface area contributed by atoms with E-state index in [1.807, 2.05) is 23.7 Å². The van der Waals surface area contributed by atoms with Crippen molar-refractivity contribution in [3.05, 3.63) is 35.4 Å². The number of fused-ring (bicyclic) bond motifs is 1. The van der Waals surface area contributed by atoms with Crippen molar-refractivity contribution in [3.8, 4) is 0 Å². The van der Waals surface area contributed by atoms with Crippen LogP contribution in [0.1, 0.15) is 18.5 Å². The van der Waals surface area contributed by atoms with Crippen LogP contribution in [0, 0.1) is 12.3 Å². The summed E-state index contributed by atoms with van der Waals surface area (Å²) >= 11 is 7.95. The van der Waals surface area contributed by atoms with Crippen LogP contribution in [0.2, 0.25) is 5.02 Å². The highest BCUT2D eigenvalue weighted by molar-refractivity contribution is 7.99. The van der Waals surface area contributed by atoms with E-state index in [9.17, 15) is 0 Å². The second kappa shape index (κ2) is 7.56. The minimum atomic E-state index is 0.107. The molecule has 5 heterocycles. The molecule has 3 aromatic heterocycles. The number of aromatic nitrogens is 4. The Morgan fingerprint density at radius 3 is 2.80 bits per heavy atom. The zero-order chi connectivity index (χ0) is 20.9. The lowest BCUT2D eigenvalue weighted by molar-refractivity contribution is 0.131. The highest BCUT2D eigenvalue weighted by Crippen LogP contribution is 2.41. The van der Waals surface area contributed by atoms with Gasteiger partial charge in [-0.25, -0.2) is 15.0 Å². The lowest BCUT2D eigenvalue weighted by atomic mass is 9.75. The van der Waals surface area contributed by atoms with E-state index in [1.54, 1.807) is 12.3 Å². The molecule has 0 radical (unpaired) electrons. The second-order valence-corrected chi connectivity index (χ2v) is 9.52. The number of hydrogen-bond donors (Lipinski definition) is 2. The number of hydrogen-bond acceptors (Lipinski definition) is 8. The summed E-state index contributed by atoms with van der Waals surface area (Å²) in [5.41, 5.74) is 13.9.